The number of carbonyl (C=O) groups excluding carboxylic acids is 1. The van der Waals surface area contributed by atoms with E-state index < -0.39 is 40.7 Å². The van der Waals surface area contributed by atoms with E-state index in [9.17, 15) is 31.1 Å². The number of rotatable bonds is 5. The Labute approximate surface area is 198 Å². The number of nitrogens with one attached hydrogen (secondary N) is 2. The first kappa shape index (κ1) is 25.2. The van der Waals surface area contributed by atoms with Crippen molar-refractivity contribution in [2.45, 2.75) is 49.3 Å². The van der Waals surface area contributed by atoms with Gasteiger partial charge in [-0.15, -0.1) is 0 Å². The fraction of sp³-hybridized carbons (Fsp3) is 0.400. The topological polar surface area (TPSA) is 50.4 Å². The van der Waals surface area contributed by atoms with Crippen molar-refractivity contribution in [2.75, 3.05) is 13.2 Å². The Morgan fingerprint density at radius 3 is 2.09 bits per heavy atom. The Hall–Kier alpha value is -2.85. The van der Waals surface area contributed by atoms with Gasteiger partial charge in [0, 0.05) is 13.0 Å². The van der Waals surface area contributed by atoms with Crippen molar-refractivity contribution in [1.82, 2.24) is 10.6 Å². The molecule has 3 atom stereocenters. The van der Waals surface area contributed by atoms with Gasteiger partial charge < -0.3 is 10.1 Å². The summed E-state index contributed by atoms with van der Waals surface area (Å²) in [6.07, 6.45) is -6.18. The smallest absolute Gasteiger partial charge is 0.371 e. The second-order valence-electron chi connectivity index (χ2n) is 9.02. The minimum absolute atomic E-state index is 0.0569. The summed E-state index contributed by atoms with van der Waals surface area (Å²) >= 11 is 0. The first-order valence-corrected chi connectivity index (χ1v) is 11.0. The minimum atomic E-state index is -4.94. The van der Waals surface area contributed by atoms with E-state index in [0.717, 1.165) is 5.56 Å². The lowest BCUT2D eigenvalue weighted by Crippen LogP contribution is -2.58. The van der Waals surface area contributed by atoms with Crippen molar-refractivity contribution in [3.05, 3.63) is 82.9 Å². The molecule has 0 aromatic heterocycles. The molecule has 10 heteroatoms. The molecule has 188 valence electrons. The van der Waals surface area contributed by atoms with E-state index in [1.54, 1.807) is 0 Å². The Bertz CT molecular complexity index is 1080. The number of carbonyl (C=O) groups is 1. The summed E-state index contributed by atoms with van der Waals surface area (Å²) in [6, 6.07) is 10.6. The molecule has 1 amide bonds. The summed E-state index contributed by atoms with van der Waals surface area (Å²) < 4.78 is 85.5. The average Bonchev–Trinajstić information content (AvgIpc) is 3.18. The van der Waals surface area contributed by atoms with Crippen molar-refractivity contribution in [3.63, 3.8) is 0 Å². The monoisotopic (exact) mass is 498 g/mol. The molecule has 2 heterocycles. The van der Waals surface area contributed by atoms with Gasteiger partial charge in [-0.3, -0.25) is 10.1 Å². The van der Waals surface area contributed by atoms with Gasteiger partial charge in [-0.1, -0.05) is 42.5 Å². The Balaban J connectivity index is 1.62. The molecule has 2 N–H and O–H groups in total. The van der Waals surface area contributed by atoms with E-state index >= 15 is 0 Å². The van der Waals surface area contributed by atoms with Crippen LogP contribution in [0, 0.1) is 0 Å². The van der Waals surface area contributed by atoms with Crippen LogP contribution in [0.15, 0.2) is 60.7 Å². The van der Waals surface area contributed by atoms with E-state index in [2.05, 4.69) is 10.6 Å². The SMILES string of the molecule is C[C@@H](OCC1(c2ccccc2)C=C[C@]2(CCC(=O)N2)CN1)c1cc(C(F)(F)F)cc(C(F)(F)F)c1. The van der Waals surface area contributed by atoms with Crippen LogP contribution in [0.2, 0.25) is 0 Å². The van der Waals surface area contributed by atoms with Gasteiger partial charge in [-0.05, 0) is 42.7 Å². The quantitative estimate of drug-likeness (QED) is 0.423. The highest BCUT2D eigenvalue weighted by molar-refractivity contribution is 5.80. The van der Waals surface area contributed by atoms with Crippen LogP contribution >= 0.6 is 0 Å². The third-order valence-corrected chi connectivity index (χ3v) is 6.52. The van der Waals surface area contributed by atoms with Crippen molar-refractivity contribution >= 4 is 5.91 Å². The maximum atomic E-state index is 13.3. The molecule has 35 heavy (non-hydrogen) atoms. The first-order chi connectivity index (χ1) is 16.3. The molecular weight excluding hydrogens is 474 g/mol. The first-order valence-electron chi connectivity index (χ1n) is 11.0. The number of ether oxygens (including phenoxy) is 1. The van der Waals surface area contributed by atoms with Crippen molar-refractivity contribution in [2.24, 2.45) is 0 Å². The summed E-state index contributed by atoms with van der Waals surface area (Å²) in [7, 11) is 0. The lowest BCUT2D eigenvalue weighted by atomic mass is 9.82. The zero-order valence-corrected chi connectivity index (χ0v) is 18.8. The highest BCUT2D eigenvalue weighted by Gasteiger charge is 2.43. The van der Waals surface area contributed by atoms with Gasteiger partial charge in [-0.25, -0.2) is 0 Å². The summed E-state index contributed by atoms with van der Waals surface area (Å²) in [4.78, 5) is 11.8. The number of hydrogen-bond donors (Lipinski definition) is 2. The molecule has 2 aliphatic rings. The molecule has 4 rings (SSSR count). The second-order valence-corrected chi connectivity index (χ2v) is 9.02. The molecule has 2 aromatic rings. The van der Waals surface area contributed by atoms with Gasteiger partial charge in [0.25, 0.3) is 0 Å². The largest absolute Gasteiger partial charge is 0.416 e. The van der Waals surface area contributed by atoms with Gasteiger partial charge in [0.05, 0.1) is 34.9 Å². The molecular formula is C25H24F6N2O2. The average molecular weight is 498 g/mol. The maximum absolute atomic E-state index is 13.3. The fourth-order valence-electron chi connectivity index (χ4n) is 4.41. The van der Waals surface area contributed by atoms with Gasteiger partial charge in [-0.2, -0.15) is 26.3 Å². The lowest BCUT2D eigenvalue weighted by Gasteiger charge is -2.42. The molecule has 1 spiro atoms. The highest BCUT2D eigenvalue weighted by Crippen LogP contribution is 2.39. The molecule has 4 nitrogen and oxygen atoms in total. The van der Waals surface area contributed by atoms with Crippen LogP contribution in [0.1, 0.15) is 48.1 Å². The van der Waals surface area contributed by atoms with Crippen LogP contribution in [0.5, 0.6) is 0 Å². The molecule has 1 unspecified atom stereocenters. The number of benzene rings is 2. The van der Waals surface area contributed by atoms with Crippen LogP contribution in [0.4, 0.5) is 26.3 Å². The number of alkyl halides is 6. The molecule has 0 radical (unpaired) electrons. The molecule has 1 saturated heterocycles. The third kappa shape index (κ3) is 5.38. The predicted octanol–water partition coefficient (Wildman–Crippen LogP) is 5.51. The highest BCUT2D eigenvalue weighted by atomic mass is 19.4. The van der Waals surface area contributed by atoms with E-state index in [1.165, 1.54) is 6.92 Å². The number of halogens is 6. The third-order valence-electron chi connectivity index (χ3n) is 6.52. The van der Waals surface area contributed by atoms with Crippen LogP contribution in [0.3, 0.4) is 0 Å². The zero-order chi connectivity index (χ0) is 25.5. The van der Waals surface area contributed by atoms with E-state index in [1.807, 2.05) is 42.5 Å². The van der Waals surface area contributed by atoms with Crippen molar-refractivity contribution < 1.29 is 35.9 Å². The van der Waals surface area contributed by atoms with Crippen LogP contribution in [-0.4, -0.2) is 24.6 Å². The van der Waals surface area contributed by atoms with Crippen molar-refractivity contribution in [1.29, 1.82) is 0 Å². The van der Waals surface area contributed by atoms with Gasteiger partial charge in [0.1, 0.15) is 0 Å². The van der Waals surface area contributed by atoms with E-state index in [-0.39, 0.29) is 24.1 Å². The predicted molar refractivity (Wildman–Crippen MR) is 116 cm³/mol. The van der Waals surface area contributed by atoms with Gasteiger partial charge in [0.15, 0.2) is 0 Å². The zero-order valence-electron chi connectivity index (χ0n) is 18.8. The normalized spacial score (nSPS) is 25.6. The molecule has 0 bridgehead atoms. The van der Waals surface area contributed by atoms with Crippen LogP contribution in [0.25, 0.3) is 0 Å². The van der Waals surface area contributed by atoms with Gasteiger partial charge in [0.2, 0.25) is 5.91 Å². The molecule has 0 saturated carbocycles. The second kappa shape index (κ2) is 8.98. The van der Waals surface area contributed by atoms with Gasteiger partial charge >= 0.3 is 12.4 Å². The summed E-state index contributed by atoms with van der Waals surface area (Å²) in [5.74, 6) is -0.0569. The fourth-order valence-corrected chi connectivity index (χ4v) is 4.41. The summed E-state index contributed by atoms with van der Waals surface area (Å²) in [6.45, 7) is 1.75. The van der Waals surface area contributed by atoms with E-state index in [4.69, 9.17) is 4.74 Å². The van der Waals surface area contributed by atoms with Crippen LogP contribution in [-0.2, 0) is 27.4 Å². The molecule has 0 aliphatic carbocycles. The standard InChI is InChI=1S/C25H24F6N2O2/c1-16(17-11-19(24(26,27)28)13-20(12-17)25(29,30)31)35-15-23(18-5-3-2-4-6-18)10-9-22(14-32-23)8-7-21(34)33-22/h2-6,9-13,16,32H,7-8,14-15H2,1H3,(H,33,34)/t16-,22-,23?/m1/s1. The molecule has 1 fully saturated rings. The molecule has 2 aliphatic heterocycles. The number of amides is 1. The van der Waals surface area contributed by atoms with E-state index in [0.29, 0.717) is 31.5 Å². The Kier molecular flexibility index (Phi) is 6.48. The molecule has 2 aromatic carbocycles. The Morgan fingerprint density at radius 2 is 1.60 bits per heavy atom. The lowest BCUT2D eigenvalue weighted by molar-refractivity contribution is -0.143. The van der Waals surface area contributed by atoms with Crippen molar-refractivity contribution in [3.8, 4) is 0 Å². The summed E-state index contributed by atoms with van der Waals surface area (Å²) in [5, 5.41) is 6.34. The Morgan fingerprint density at radius 1 is 0.971 bits per heavy atom. The maximum Gasteiger partial charge on any atom is 0.416 e. The van der Waals surface area contributed by atoms with Crippen LogP contribution < -0.4 is 10.6 Å². The minimum Gasteiger partial charge on any atom is -0.371 e. The number of hydrogen-bond acceptors (Lipinski definition) is 3. The summed E-state index contributed by atoms with van der Waals surface area (Å²) in [5.41, 5.74) is -3.61.